The molecule has 0 radical (unpaired) electrons. The van der Waals surface area contributed by atoms with E-state index in [-0.39, 0.29) is 0 Å². The summed E-state index contributed by atoms with van der Waals surface area (Å²) in [7, 11) is 0. The van der Waals surface area contributed by atoms with Gasteiger partial charge in [-0.25, -0.2) is 4.98 Å². The average molecular weight is 263 g/mol. The van der Waals surface area contributed by atoms with Crippen molar-refractivity contribution in [1.29, 1.82) is 5.26 Å². The van der Waals surface area contributed by atoms with Crippen molar-refractivity contribution in [3.05, 3.63) is 53.3 Å². The highest BCUT2D eigenvalue weighted by atomic mass is 15.1. The fourth-order valence-corrected chi connectivity index (χ4v) is 2.27. The van der Waals surface area contributed by atoms with Crippen molar-refractivity contribution in [3.8, 4) is 6.07 Å². The molecule has 0 fully saturated rings. The van der Waals surface area contributed by atoms with Gasteiger partial charge >= 0.3 is 0 Å². The summed E-state index contributed by atoms with van der Waals surface area (Å²) in [5.41, 5.74) is 10.3. The number of hydrogen-bond donors (Lipinski definition) is 1. The Morgan fingerprint density at radius 2 is 2.20 bits per heavy atom. The van der Waals surface area contributed by atoms with Crippen LogP contribution in [0.15, 0.2) is 36.7 Å². The van der Waals surface area contributed by atoms with Crippen LogP contribution in [0.5, 0.6) is 0 Å². The van der Waals surface area contributed by atoms with E-state index in [0.717, 1.165) is 16.6 Å². The Morgan fingerprint density at radius 1 is 1.35 bits per heavy atom. The second kappa shape index (κ2) is 4.67. The first kappa shape index (κ1) is 12.2. The predicted octanol–water partition coefficient (Wildman–Crippen LogP) is 2.24. The van der Waals surface area contributed by atoms with E-state index in [4.69, 9.17) is 11.0 Å². The summed E-state index contributed by atoms with van der Waals surface area (Å²) in [6, 6.07) is 9.63. The minimum absolute atomic E-state index is 0.416. The molecule has 2 heterocycles. The Morgan fingerprint density at radius 3 is 2.95 bits per heavy atom. The van der Waals surface area contributed by atoms with Gasteiger partial charge in [0, 0.05) is 12.4 Å². The van der Waals surface area contributed by atoms with Gasteiger partial charge in [-0.3, -0.25) is 4.98 Å². The molecule has 20 heavy (non-hydrogen) atoms. The summed E-state index contributed by atoms with van der Waals surface area (Å²) in [5, 5.41) is 9.12. The number of anilines is 1. The van der Waals surface area contributed by atoms with Gasteiger partial charge in [0.2, 0.25) is 5.95 Å². The standard InChI is InChI=1S/C15H13N5/c1-10-8-18-6-5-12(10)9-20-13-4-2-3-11(7-16)14(13)19-15(20)17/h2-6,8H,9H2,1H3,(H2,17,19). The summed E-state index contributed by atoms with van der Waals surface area (Å²) in [5.74, 6) is 0.416. The van der Waals surface area contributed by atoms with Crippen LogP contribution in [-0.2, 0) is 6.54 Å². The third-order valence-corrected chi connectivity index (χ3v) is 3.39. The summed E-state index contributed by atoms with van der Waals surface area (Å²) >= 11 is 0. The van der Waals surface area contributed by atoms with Gasteiger partial charge in [-0.1, -0.05) is 6.07 Å². The number of nitrogens with zero attached hydrogens (tertiary/aromatic N) is 4. The monoisotopic (exact) mass is 263 g/mol. The van der Waals surface area contributed by atoms with Crippen LogP contribution < -0.4 is 5.73 Å². The number of nitriles is 1. The molecule has 5 nitrogen and oxygen atoms in total. The number of nitrogens with two attached hydrogens (primary N) is 1. The van der Waals surface area contributed by atoms with Gasteiger partial charge < -0.3 is 10.3 Å². The van der Waals surface area contributed by atoms with Crippen LogP contribution in [0.1, 0.15) is 16.7 Å². The van der Waals surface area contributed by atoms with E-state index in [0.29, 0.717) is 23.6 Å². The molecule has 0 atom stereocenters. The van der Waals surface area contributed by atoms with Crippen LogP contribution in [0.25, 0.3) is 11.0 Å². The van der Waals surface area contributed by atoms with Crippen LogP contribution in [0.3, 0.4) is 0 Å². The highest BCUT2D eigenvalue weighted by Gasteiger charge is 2.12. The number of imidazole rings is 1. The SMILES string of the molecule is Cc1cnccc1Cn1c(N)nc2c(C#N)cccc21. The van der Waals surface area contributed by atoms with Crippen molar-refractivity contribution >= 4 is 17.0 Å². The fraction of sp³-hybridized carbons (Fsp3) is 0.133. The highest BCUT2D eigenvalue weighted by Crippen LogP contribution is 2.22. The third kappa shape index (κ3) is 1.88. The molecular formula is C15H13N5. The zero-order valence-electron chi connectivity index (χ0n) is 11.0. The molecule has 3 rings (SSSR count). The predicted molar refractivity (Wildman–Crippen MR) is 76.9 cm³/mol. The second-order valence-corrected chi connectivity index (χ2v) is 4.64. The molecule has 0 amide bonds. The second-order valence-electron chi connectivity index (χ2n) is 4.64. The van der Waals surface area contributed by atoms with E-state index in [1.54, 1.807) is 12.3 Å². The van der Waals surface area contributed by atoms with Crippen molar-refractivity contribution in [1.82, 2.24) is 14.5 Å². The number of fused-ring (bicyclic) bond motifs is 1. The Kier molecular flexibility index (Phi) is 2.84. The molecule has 0 saturated heterocycles. The largest absolute Gasteiger partial charge is 0.369 e. The lowest BCUT2D eigenvalue weighted by atomic mass is 10.1. The number of pyridine rings is 1. The zero-order valence-corrected chi connectivity index (χ0v) is 11.0. The molecule has 0 aliphatic heterocycles. The minimum Gasteiger partial charge on any atom is -0.369 e. The fourth-order valence-electron chi connectivity index (χ4n) is 2.27. The molecule has 2 aromatic heterocycles. The lowest BCUT2D eigenvalue weighted by Crippen LogP contribution is -2.05. The Hall–Kier alpha value is -2.87. The summed E-state index contributed by atoms with van der Waals surface area (Å²) in [4.78, 5) is 8.40. The number of hydrogen-bond acceptors (Lipinski definition) is 4. The van der Waals surface area contributed by atoms with Gasteiger partial charge in [0.1, 0.15) is 11.6 Å². The highest BCUT2D eigenvalue weighted by molar-refractivity contribution is 5.84. The van der Waals surface area contributed by atoms with Crippen LogP contribution >= 0.6 is 0 Å². The molecule has 0 spiro atoms. The average Bonchev–Trinajstić information content (AvgIpc) is 2.77. The molecule has 0 aliphatic rings. The van der Waals surface area contributed by atoms with E-state index in [1.807, 2.05) is 35.9 Å². The van der Waals surface area contributed by atoms with E-state index in [9.17, 15) is 0 Å². The smallest absolute Gasteiger partial charge is 0.201 e. The molecule has 98 valence electrons. The number of aryl methyl sites for hydroxylation is 1. The van der Waals surface area contributed by atoms with Crippen LogP contribution in [0.2, 0.25) is 0 Å². The maximum atomic E-state index is 9.12. The van der Waals surface area contributed by atoms with Crippen molar-refractivity contribution in [3.63, 3.8) is 0 Å². The normalized spacial score (nSPS) is 10.6. The molecule has 0 bridgehead atoms. The topological polar surface area (TPSA) is 80.5 Å². The lowest BCUT2D eigenvalue weighted by molar-refractivity contribution is 0.829. The van der Waals surface area contributed by atoms with E-state index >= 15 is 0 Å². The number of nitrogen functional groups attached to an aromatic ring is 1. The van der Waals surface area contributed by atoms with Crippen molar-refractivity contribution in [2.75, 3.05) is 5.73 Å². The number of benzene rings is 1. The maximum absolute atomic E-state index is 9.12. The first-order valence-corrected chi connectivity index (χ1v) is 6.25. The number of para-hydroxylation sites is 1. The van der Waals surface area contributed by atoms with Crippen molar-refractivity contribution in [2.24, 2.45) is 0 Å². The Balaban J connectivity index is 2.16. The minimum atomic E-state index is 0.416. The Bertz CT molecular complexity index is 826. The number of rotatable bonds is 2. The summed E-state index contributed by atoms with van der Waals surface area (Å²) in [6.07, 6.45) is 3.59. The van der Waals surface area contributed by atoms with Gasteiger partial charge in [0.05, 0.1) is 17.6 Å². The van der Waals surface area contributed by atoms with Crippen molar-refractivity contribution in [2.45, 2.75) is 13.5 Å². The summed E-state index contributed by atoms with van der Waals surface area (Å²) < 4.78 is 1.92. The maximum Gasteiger partial charge on any atom is 0.201 e. The van der Waals surface area contributed by atoms with Crippen molar-refractivity contribution < 1.29 is 0 Å². The first-order chi connectivity index (χ1) is 9.70. The third-order valence-electron chi connectivity index (χ3n) is 3.39. The number of aromatic nitrogens is 3. The Labute approximate surface area is 116 Å². The first-order valence-electron chi connectivity index (χ1n) is 6.25. The van der Waals surface area contributed by atoms with Gasteiger partial charge in [0.25, 0.3) is 0 Å². The van der Waals surface area contributed by atoms with E-state index in [2.05, 4.69) is 16.0 Å². The van der Waals surface area contributed by atoms with Gasteiger partial charge in [-0.05, 0) is 36.2 Å². The van der Waals surface area contributed by atoms with Crippen LogP contribution in [-0.4, -0.2) is 14.5 Å². The molecule has 1 aromatic carbocycles. The molecule has 0 unspecified atom stereocenters. The molecule has 5 heteroatoms. The lowest BCUT2D eigenvalue weighted by Gasteiger charge is -2.08. The molecule has 0 aliphatic carbocycles. The summed E-state index contributed by atoms with van der Waals surface area (Å²) in [6.45, 7) is 2.63. The molecule has 3 aromatic rings. The van der Waals surface area contributed by atoms with E-state index in [1.165, 1.54) is 0 Å². The molecular weight excluding hydrogens is 250 g/mol. The van der Waals surface area contributed by atoms with Gasteiger partial charge in [-0.2, -0.15) is 5.26 Å². The quantitative estimate of drug-likeness (QED) is 0.768. The molecule has 2 N–H and O–H groups in total. The van der Waals surface area contributed by atoms with E-state index < -0.39 is 0 Å². The zero-order chi connectivity index (χ0) is 14.1. The van der Waals surface area contributed by atoms with Crippen LogP contribution in [0.4, 0.5) is 5.95 Å². The van der Waals surface area contributed by atoms with Gasteiger partial charge in [0.15, 0.2) is 0 Å². The van der Waals surface area contributed by atoms with Gasteiger partial charge in [-0.15, -0.1) is 0 Å². The molecule has 0 saturated carbocycles. The van der Waals surface area contributed by atoms with Crippen LogP contribution in [0, 0.1) is 18.3 Å².